The van der Waals surface area contributed by atoms with Crippen LogP contribution in [-0.2, 0) is 11.2 Å². The molecule has 2 bridgehead atoms. The Hall–Kier alpha value is -0.970. The lowest BCUT2D eigenvalue weighted by atomic mass is 9.82. The zero-order valence-corrected chi connectivity index (χ0v) is 15.2. The molecule has 2 aliphatic rings. The highest BCUT2D eigenvalue weighted by atomic mass is 35.5. The first-order chi connectivity index (χ1) is 10.1. The lowest BCUT2D eigenvalue weighted by molar-refractivity contribution is -0.121. The lowest BCUT2D eigenvalue weighted by Gasteiger charge is -2.47. The molecule has 0 aromatic heterocycles. The number of nitrogens with two attached hydrogens (primary N) is 1. The zero-order chi connectivity index (χ0) is 14.8. The first-order valence-corrected chi connectivity index (χ1v) is 7.97. The van der Waals surface area contributed by atoms with Crippen LogP contribution in [-0.4, -0.2) is 36.0 Å². The van der Waals surface area contributed by atoms with Crippen LogP contribution in [0.2, 0.25) is 0 Å². The predicted molar refractivity (Wildman–Crippen MR) is 99.4 cm³/mol. The van der Waals surface area contributed by atoms with E-state index >= 15 is 0 Å². The van der Waals surface area contributed by atoms with Gasteiger partial charge >= 0.3 is 0 Å². The van der Waals surface area contributed by atoms with Gasteiger partial charge in [0.25, 0.3) is 0 Å². The maximum absolute atomic E-state index is 12.2. The molecule has 2 aliphatic heterocycles. The number of carbonyl (C=O) groups excluding carboxylic acids is 1. The predicted octanol–water partition coefficient (Wildman–Crippen LogP) is 2.79. The molecule has 6 heteroatoms. The summed E-state index contributed by atoms with van der Waals surface area (Å²) in [7, 11) is 2.24. The van der Waals surface area contributed by atoms with Gasteiger partial charge < -0.3 is 16.0 Å². The Balaban J connectivity index is 0.00000132. The third-order valence-corrected chi connectivity index (χ3v) is 5.05. The molecule has 2 saturated heterocycles. The van der Waals surface area contributed by atoms with E-state index in [1.807, 2.05) is 24.3 Å². The van der Waals surface area contributed by atoms with E-state index in [0.717, 1.165) is 24.1 Å². The Morgan fingerprint density at radius 2 is 1.74 bits per heavy atom. The van der Waals surface area contributed by atoms with Gasteiger partial charge in [-0.15, -0.1) is 24.8 Å². The van der Waals surface area contributed by atoms with E-state index in [2.05, 4.69) is 17.3 Å². The van der Waals surface area contributed by atoms with Gasteiger partial charge in [-0.25, -0.2) is 0 Å². The van der Waals surface area contributed by atoms with Gasteiger partial charge in [-0.3, -0.25) is 4.79 Å². The zero-order valence-electron chi connectivity index (χ0n) is 13.5. The highest BCUT2D eigenvalue weighted by Gasteiger charge is 2.36. The molecule has 1 aromatic rings. The van der Waals surface area contributed by atoms with Crippen molar-refractivity contribution < 1.29 is 4.79 Å². The summed E-state index contributed by atoms with van der Waals surface area (Å²) >= 11 is 0. The van der Waals surface area contributed by atoms with Gasteiger partial charge in [-0.1, -0.05) is 18.6 Å². The number of nitrogen functional groups attached to an aromatic ring is 1. The number of amides is 1. The summed E-state index contributed by atoms with van der Waals surface area (Å²) in [5.74, 6) is 0.132. The van der Waals surface area contributed by atoms with Crippen LogP contribution in [0.3, 0.4) is 0 Å². The number of anilines is 1. The minimum Gasteiger partial charge on any atom is -0.399 e. The Kier molecular flexibility index (Phi) is 7.65. The maximum Gasteiger partial charge on any atom is 0.224 e. The molecule has 2 fully saturated rings. The number of carbonyl (C=O) groups is 1. The molecule has 4 nitrogen and oxygen atoms in total. The molecular weight excluding hydrogens is 333 g/mol. The molecule has 23 heavy (non-hydrogen) atoms. The van der Waals surface area contributed by atoms with Crippen LogP contribution >= 0.6 is 24.8 Å². The van der Waals surface area contributed by atoms with Gasteiger partial charge in [0, 0.05) is 23.8 Å². The molecule has 2 unspecified atom stereocenters. The number of hydrogen-bond donors (Lipinski definition) is 2. The van der Waals surface area contributed by atoms with Crippen molar-refractivity contribution >= 4 is 36.4 Å². The quantitative estimate of drug-likeness (QED) is 0.815. The fraction of sp³-hybridized carbons (Fsp3) is 0.588. The largest absolute Gasteiger partial charge is 0.399 e. The SMILES string of the molecule is CN1C2CCCC1CC(NC(=O)Cc1ccc(N)cc1)C2.Cl.Cl. The van der Waals surface area contributed by atoms with E-state index in [1.54, 1.807) is 0 Å². The highest BCUT2D eigenvalue weighted by Crippen LogP contribution is 2.32. The van der Waals surface area contributed by atoms with Crippen molar-refractivity contribution in [3.63, 3.8) is 0 Å². The molecule has 130 valence electrons. The number of nitrogens with zero attached hydrogens (tertiary/aromatic N) is 1. The molecule has 2 atom stereocenters. The van der Waals surface area contributed by atoms with Crippen LogP contribution in [0.15, 0.2) is 24.3 Å². The number of benzene rings is 1. The Morgan fingerprint density at radius 3 is 2.30 bits per heavy atom. The third kappa shape index (κ3) is 5.00. The van der Waals surface area contributed by atoms with E-state index in [-0.39, 0.29) is 30.7 Å². The normalized spacial score (nSPS) is 26.6. The molecule has 0 aliphatic carbocycles. The van der Waals surface area contributed by atoms with Crippen LogP contribution in [0.25, 0.3) is 0 Å². The fourth-order valence-corrected chi connectivity index (χ4v) is 3.83. The van der Waals surface area contributed by atoms with Crippen LogP contribution in [0, 0.1) is 0 Å². The third-order valence-electron chi connectivity index (χ3n) is 5.05. The first-order valence-electron chi connectivity index (χ1n) is 7.97. The van der Waals surface area contributed by atoms with Crippen molar-refractivity contribution in [2.45, 2.75) is 56.7 Å². The van der Waals surface area contributed by atoms with Crippen molar-refractivity contribution in [1.82, 2.24) is 10.2 Å². The van der Waals surface area contributed by atoms with Crippen molar-refractivity contribution in [2.24, 2.45) is 0 Å². The number of rotatable bonds is 3. The van der Waals surface area contributed by atoms with Crippen LogP contribution in [0.4, 0.5) is 5.69 Å². The minimum atomic E-state index is 0. The second kappa shape index (κ2) is 8.76. The molecule has 0 saturated carbocycles. The van der Waals surface area contributed by atoms with E-state index in [1.165, 1.54) is 19.3 Å². The van der Waals surface area contributed by atoms with Crippen LogP contribution < -0.4 is 11.1 Å². The van der Waals surface area contributed by atoms with Gasteiger partial charge in [0.15, 0.2) is 0 Å². The lowest BCUT2D eigenvalue weighted by Crippen LogP contribution is -2.55. The summed E-state index contributed by atoms with van der Waals surface area (Å²) in [6.07, 6.45) is 6.53. The number of nitrogens with one attached hydrogen (secondary N) is 1. The minimum absolute atomic E-state index is 0. The van der Waals surface area contributed by atoms with Crippen LogP contribution in [0.5, 0.6) is 0 Å². The van der Waals surface area contributed by atoms with E-state index in [0.29, 0.717) is 24.5 Å². The van der Waals surface area contributed by atoms with E-state index < -0.39 is 0 Å². The molecular formula is C17H27Cl2N3O. The monoisotopic (exact) mass is 359 g/mol. The smallest absolute Gasteiger partial charge is 0.224 e. The summed E-state index contributed by atoms with van der Waals surface area (Å²) in [6.45, 7) is 0. The molecule has 1 amide bonds. The number of fused-ring (bicyclic) bond motifs is 2. The van der Waals surface area contributed by atoms with Crippen LogP contribution in [0.1, 0.15) is 37.7 Å². The number of halogens is 2. The van der Waals surface area contributed by atoms with Crippen molar-refractivity contribution in [3.8, 4) is 0 Å². The summed E-state index contributed by atoms with van der Waals surface area (Å²) in [4.78, 5) is 14.7. The van der Waals surface area contributed by atoms with Gasteiger partial charge in [-0.2, -0.15) is 0 Å². The Morgan fingerprint density at radius 1 is 1.17 bits per heavy atom. The number of hydrogen-bond acceptors (Lipinski definition) is 3. The van der Waals surface area contributed by atoms with Crippen molar-refractivity contribution in [3.05, 3.63) is 29.8 Å². The second-order valence-electron chi connectivity index (χ2n) is 6.56. The molecule has 1 aromatic carbocycles. The highest BCUT2D eigenvalue weighted by molar-refractivity contribution is 5.85. The summed E-state index contributed by atoms with van der Waals surface area (Å²) in [5, 5.41) is 3.23. The van der Waals surface area contributed by atoms with Gasteiger partial charge in [0.05, 0.1) is 6.42 Å². The van der Waals surface area contributed by atoms with Crippen molar-refractivity contribution in [2.75, 3.05) is 12.8 Å². The van der Waals surface area contributed by atoms with E-state index in [4.69, 9.17) is 5.73 Å². The average Bonchev–Trinajstić information content (AvgIpc) is 2.42. The molecule has 3 N–H and O–H groups in total. The molecule has 0 radical (unpaired) electrons. The average molecular weight is 360 g/mol. The molecule has 0 spiro atoms. The Labute approximate surface area is 151 Å². The Bertz CT molecular complexity index is 495. The van der Waals surface area contributed by atoms with Gasteiger partial charge in [-0.05, 0) is 50.4 Å². The second-order valence-corrected chi connectivity index (χ2v) is 6.56. The summed E-state index contributed by atoms with van der Waals surface area (Å²) in [5.41, 5.74) is 7.43. The summed E-state index contributed by atoms with van der Waals surface area (Å²) in [6, 6.07) is 9.21. The maximum atomic E-state index is 12.2. The van der Waals surface area contributed by atoms with Crippen molar-refractivity contribution in [1.29, 1.82) is 0 Å². The number of piperidine rings is 2. The topological polar surface area (TPSA) is 58.4 Å². The summed E-state index contributed by atoms with van der Waals surface area (Å²) < 4.78 is 0. The first kappa shape index (κ1) is 20.1. The standard InChI is InChI=1S/C17H25N3O.2ClH/c1-20-15-3-2-4-16(20)11-14(10-15)19-17(21)9-12-5-7-13(18)8-6-12;;/h5-8,14-16H,2-4,9-11,18H2,1H3,(H,19,21);2*1H. The van der Waals surface area contributed by atoms with E-state index in [9.17, 15) is 4.79 Å². The van der Waals surface area contributed by atoms with Gasteiger partial charge in [0.2, 0.25) is 5.91 Å². The fourth-order valence-electron chi connectivity index (χ4n) is 3.83. The molecule has 3 rings (SSSR count). The van der Waals surface area contributed by atoms with Gasteiger partial charge in [0.1, 0.15) is 0 Å². The molecule has 2 heterocycles.